The largest absolute Gasteiger partial charge is 0.424 e. The third-order valence-corrected chi connectivity index (χ3v) is 4.32. The molecule has 0 aliphatic heterocycles. The molecule has 4 aromatic rings. The SMILES string of the molecule is O=c1[nH]c(Oc2cc(Br)ccc2Cl)nc2c1cnn2-c1ccccc1. The quantitative estimate of drug-likeness (QED) is 0.539. The van der Waals surface area contributed by atoms with E-state index in [2.05, 4.69) is 31.0 Å². The fourth-order valence-corrected chi connectivity index (χ4v) is 2.86. The lowest BCUT2D eigenvalue weighted by molar-refractivity contribution is 0.442. The summed E-state index contributed by atoms with van der Waals surface area (Å²) in [6, 6.07) is 14.6. The van der Waals surface area contributed by atoms with E-state index >= 15 is 0 Å². The zero-order valence-corrected chi connectivity index (χ0v) is 15.0. The van der Waals surface area contributed by atoms with E-state index in [0.29, 0.717) is 21.8 Å². The van der Waals surface area contributed by atoms with Gasteiger partial charge < -0.3 is 4.74 Å². The second kappa shape index (κ2) is 6.34. The average Bonchev–Trinajstić information content (AvgIpc) is 3.03. The first kappa shape index (κ1) is 15.9. The van der Waals surface area contributed by atoms with E-state index in [-0.39, 0.29) is 11.6 Å². The van der Waals surface area contributed by atoms with E-state index in [1.165, 1.54) is 6.20 Å². The van der Waals surface area contributed by atoms with Crippen LogP contribution in [0, 0.1) is 0 Å². The molecule has 0 bridgehead atoms. The minimum absolute atomic E-state index is 0.0372. The van der Waals surface area contributed by atoms with E-state index in [4.69, 9.17) is 16.3 Å². The van der Waals surface area contributed by atoms with Gasteiger partial charge in [-0.05, 0) is 30.3 Å². The standard InChI is InChI=1S/C17H10BrClN4O2/c18-10-6-7-13(19)14(8-10)25-17-21-15-12(16(24)22-17)9-20-23(15)11-4-2-1-3-5-11/h1-9H,(H,21,22,24). The third-order valence-electron chi connectivity index (χ3n) is 3.52. The van der Waals surface area contributed by atoms with Crippen LogP contribution in [0.15, 0.2) is 64.0 Å². The summed E-state index contributed by atoms with van der Waals surface area (Å²) in [4.78, 5) is 19.3. The molecule has 0 saturated carbocycles. The Kier molecular flexibility index (Phi) is 4.03. The van der Waals surface area contributed by atoms with Gasteiger partial charge in [0, 0.05) is 4.47 Å². The van der Waals surface area contributed by atoms with Gasteiger partial charge in [0.05, 0.1) is 16.9 Å². The molecule has 0 fully saturated rings. The van der Waals surface area contributed by atoms with Gasteiger partial charge in [0.15, 0.2) is 11.4 Å². The molecule has 0 spiro atoms. The van der Waals surface area contributed by atoms with Crippen molar-refractivity contribution in [3.8, 4) is 17.4 Å². The number of nitrogens with one attached hydrogen (secondary N) is 1. The van der Waals surface area contributed by atoms with Gasteiger partial charge in [0.2, 0.25) is 0 Å². The summed E-state index contributed by atoms with van der Waals surface area (Å²) in [6.45, 7) is 0. The van der Waals surface area contributed by atoms with E-state index in [1.54, 1.807) is 22.9 Å². The van der Waals surface area contributed by atoms with Crippen LogP contribution < -0.4 is 10.3 Å². The van der Waals surface area contributed by atoms with Crippen LogP contribution in [0.1, 0.15) is 0 Å². The predicted octanol–water partition coefficient (Wildman–Crippen LogP) is 4.32. The molecule has 2 heterocycles. The van der Waals surface area contributed by atoms with Gasteiger partial charge in [-0.25, -0.2) is 4.68 Å². The molecule has 0 amide bonds. The zero-order chi connectivity index (χ0) is 17.4. The molecule has 0 atom stereocenters. The summed E-state index contributed by atoms with van der Waals surface area (Å²) in [5.41, 5.74) is 0.853. The zero-order valence-electron chi connectivity index (χ0n) is 12.6. The van der Waals surface area contributed by atoms with Crippen molar-refractivity contribution >= 4 is 38.6 Å². The Bertz CT molecular complexity index is 1120. The number of aromatic amines is 1. The van der Waals surface area contributed by atoms with E-state index in [0.717, 1.165) is 10.2 Å². The minimum atomic E-state index is -0.340. The maximum atomic E-state index is 12.3. The Balaban J connectivity index is 1.83. The highest BCUT2D eigenvalue weighted by atomic mass is 79.9. The molecule has 2 aromatic carbocycles. The topological polar surface area (TPSA) is 72.8 Å². The Morgan fingerprint density at radius 3 is 2.76 bits per heavy atom. The van der Waals surface area contributed by atoms with E-state index in [1.807, 2.05) is 30.3 Å². The Labute approximate surface area is 155 Å². The number of rotatable bonds is 3. The van der Waals surface area contributed by atoms with Crippen LogP contribution in [-0.2, 0) is 0 Å². The van der Waals surface area contributed by atoms with Crippen molar-refractivity contribution in [2.45, 2.75) is 0 Å². The van der Waals surface area contributed by atoms with Crippen LogP contribution in [0.2, 0.25) is 5.02 Å². The molecule has 124 valence electrons. The molecular weight excluding hydrogens is 408 g/mol. The smallest absolute Gasteiger partial charge is 0.304 e. The average molecular weight is 418 g/mol. The summed E-state index contributed by atoms with van der Waals surface area (Å²) >= 11 is 9.48. The Morgan fingerprint density at radius 2 is 1.96 bits per heavy atom. The van der Waals surface area contributed by atoms with E-state index in [9.17, 15) is 4.79 Å². The third kappa shape index (κ3) is 3.04. The van der Waals surface area contributed by atoms with Crippen LogP contribution in [-0.4, -0.2) is 19.7 Å². The van der Waals surface area contributed by atoms with Crippen molar-refractivity contribution in [1.29, 1.82) is 0 Å². The summed E-state index contributed by atoms with van der Waals surface area (Å²) in [6.07, 6.45) is 1.48. The number of hydrogen-bond acceptors (Lipinski definition) is 4. The maximum absolute atomic E-state index is 12.3. The van der Waals surface area contributed by atoms with Gasteiger partial charge in [0.25, 0.3) is 5.56 Å². The number of H-pyrrole nitrogens is 1. The summed E-state index contributed by atoms with van der Waals surface area (Å²) < 4.78 is 8.05. The van der Waals surface area contributed by atoms with Crippen LogP contribution in [0.3, 0.4) is 0 Å². The number of hydrogen-bond donors (Lipinski definition) is 1. The van der Waals surface area contributed by atoms with Gasteiger partial charge in [-0.15, -0.1) is 0 Å². The van der Waals surface area contributed by atoms with Crippen molar-refractivity contribution < 1.29 is 4.74 Å². The molecule has 0 aliphatic carbocycles. The highest BCUT2D eigenvalue weighted by molar-refractivity contribution is 9.10. The number of nitrogens with zero attached hydrogens (tertiary/aromatic N) is 3. The number of ether oxygens (including phenoxy) is 1. The van der Waals surface area contributed by atoms with Gasteiger partial charge in [-0.2, -0.15) is 10.1 Å². The van der Waals surface area contributed by atoms with Gasteiger partial charge in [0.1, 0.15) is 5.39 Å². The summed E-state index contributed by atoms with van der Waals surface area (Å²) in [7, 11) is 0. The molecular formula is C17H10BrClN4O2. The van der Waals surface area contributed by atoms with Crippen molar-refractivity contribution in [2.24, 2.45) is 0 Å². The highest BCUT2D eigenvalue weighted by Gasteiger charge is 2.13. The second-order valence-corrected chi connectivity index (χ2v) is 6.50. The molecule has 0 unspecified atom stereocenters. The van der Waals surface area contributed by atoms with Gasteiger partial charge >= 0.3 is 6.01 Å². The molecule has 0 aliphatic rings. The van der Waals surface area contributed by atoms with Crippen molar-refractivity contribution in [2.75, 3.05) is 0 Å². The number of fused-ring (bicyclic) bond motifs is 1. The van der Waals surface area contributed by atoms with E-state index < -0.39 is 0 Å². The van der Waals surface area contributed by atoms with Gasteiger partial charge in [-0.1, -0.05) is 45.7 Å². The number of halogens is 2. The van der Waals surface area contributed by atoms with Crippen molar-refractivity contribution in [3.63, 3.8) is 0 Å². The fraction of sp³-hybridized carbons (Fsp3) is 0. The lowest BCUT2D eigenvalue weighted by atomic mass is 10.3. The fourth-order valence-electron chi connectivity index (χ4n) is 2.36. The summed E-state index contributed by atoms with van der Waals surface area (Å²) in [5.74, 6) is 0.379. The lowest BCUT2D eigenvalue weighted by Crippen LogP contribution is -2.10. The minimum Gasteiger partial charge on any atom is -0.424 e. The van der Waals surface area contributed by atoms with Crippen molar-refractivity contribution in [1.82, 2.24) is 19.7 Å². The molecule has 25 heavy (non-hydrogen) atoms. The molecule has 4 rings (SSSR count). The molecule has 0 saturated heterocycles. The molecule has 8 heteroatoms. The monoisotopic (exact) mass is 416 g/mol. The highest BCUT2D eigenvalue weighted by Crippen LogP contribution is 2.30. The number of para-hydroxylation sites is 1. The Hall–Kier alpha value is -2.64. The van der Waals surface area contributed by atoms with Crippen LogP contribution in [0.25, 0.3) is 16.7 Å². The Morgan fingerprint density at radius 1 is 1.16 bits per heavy atom. The normalized spacial score (nSPS) is 11.0. The molecule has 1 N–H and O–H groups in total. The number of benzene rings is 2. The van der Waals surface area contributed by atoms with Gasteiger partial charge in [-0.3, -0.25) is 9.78 Å². The van der Waals surface area contributed by atoms with Crippen LogP contribution in [0.5, 0.6) is 11.8 Å². The molecule has 2 aromatic heterocycles. The lowest BCUT2D eigenvalue weighted by Gasteiger charge is -2.07. The van der Waals surface area contributed by atoms with Crippen LogP contribution in [0.4, 0.5) is 0 Å². The summed E-state index contributed by atoms with van der Waals surface area (Å²) in [5, 5.41) is 5.03. The molecule has 0 radical (unpaired) electrons. The first-order chi connectivity index (χ1) is 12.1. The second-order valence-electron chi connectivity index (χ2n) is 5.18. The predicted molar refractivity (Wildman–Crippen MR) is 98.7 cm³/mol. The first-order valence-electron chi connectivity index (χ1n) is 7.28. The first-order valence-corrected chi connectivity index (χ1v) is 8.45. The maximum Gasteiger partial charge on any atom is 0.304 e. The van der Waals surface area contributed by atoms with Crippen molar-refractivity contribution in [3.05, 3.63) is 74.6 Å². The number of aromatic nitrogens is 4. The van der Waals surface area contributed by atoms with Crippen LogP contribution >= 0.6 is 27.5 Å². The molecule has 6 nitrogen and oxygen atoms in total.